The van der Waals surface area contributed by atoms with Crippen molar-refractivity contribution in [3.63, 3.8) is 0 Å². The van der Waals surface area contributed by atoms with Gasteiger partial charge in [-0.15, -0.1) is 0 Å². The van der Waals surface area contributed by atoms with Gasteiger partial charge >= 0.3 is 17.9 Å². The highest BCUT2D eigenvalue weighted by Gasteiger charge is 2.19. The Morgan fingerprint density at radius 2 is 0.577 bits per heavy atom. The molecule has 0 saturated carbocycles. The third-order valence-electron chi connectivity index (χ3n) is 11.6. The average molecular weight is 982 g/mol. The Kier molecular flexibility index (Phi) is 54.5. The lowest BCUT2D eigenvalue weighted by molar-refractivity contribution is -0.166. The van der Waals surface area contributed by atoms with Crippen molar-refractivity contribution in [2.45, 2.75) is 245 Å². The fourth-order valence-electron chi connectivity index (χ4n) is 7.39. The van der Waals surface area contributed by atoms with E-state index in [0.717, 1.165) is 128 Å². The highest BCUT2D eigenvalue weighted by Crippen LogP contribution is 2.13. The van der Waals surface area contributed by atoms with Crippen LogP contribution in [0.2, 0.25) is 0 Å². The van der Waals surface area contributed by atoms with Crippen molar-refractivity contribution in [3.8, 4) is 0 Å². The lowest BCUT2D eigenvalue weighted by Crippen LogP contribution is -2.30. The third-order valence-corrected chi connectivity index (χ3v) is 11.6. The van der Waals surface area contributed by atoms with E-state index in [4.69, 9.17) is 14.2 Å². The molecule has 0 radical (unpaired) electrons. The third kappa shape index (κ3) is 56.3. The van der Waals surface area contributed by atoms with Gasteiger partial charge in [0.25, 0.3) is 0 Å². The molecule has 0 fully saturated rings. The quantitative estimate of drug-likeness (QED) is 0.0262. The maximum atomic E-state index is 12.8. The van der Waals surface area contributed by atoms with Crippen LogP contribution < -0.4 is 0 Å². The van der Waals surface area contributed by atoms with Gasteiger partial charge < -0.3 is 14.2 Å². The van der Waals surface area contributed by atoms with E-state index < -0.39 is 6.10 Å². The molecule has 0 amide bonds. The number of allylic oxidation sites excluding steroid dienone is 22. The van der Waals surface area contributed by atoms with Crippen LogP contribution in [0.1, 0.15) is 239 Å². The number of esters is 3. The molecule has 6 nitrogen and oxygen atoms in total. The minimum Gasteiger partial charge on any atom is -0.462 e. The second-order valence-electron chi connectivity index (χ2n) is 18.4. The second-order valence-corrected chi connectivity index (χ2v) is 18.4. The maximum Gasteiger partial charge on any atom is 0.306 e. The zero-order chi connectivity index (χ0) is 51.4. The second kappa shape index (κ2) is 58.1. The highest BCUT2D eigenvalue weighted by molar-refractivity contribution is 5.71. The molecule has 0 aliphatic heterocycles. The van der Waals surface area contributed by atoms with Crippen molar-refractivity contribution < 1.29 is 28.6 Å². The van der Waals surface area contributed by atoms with E-state index >= 15 is 0 Å². The van der Waals surface area contributed by atoms with Crippen LogP contribution in [0.15, 0.2) is 134 Å². The fraction of sp³-hybridized carbons (Fsp3) is 0.615. The van der Waals surface area contributed by atoms with Crippen LogP contribution in [0, 0.1) is 0 Å². The van der Waals surface area contributed by atoms with E-state index in [-0.39, 0.29) is 37.5 Å². The van der Waals surface area contributed by atoms with E-state index in [9.17, 15) is 14.4 Å². The first kappa shape index (κ1) is 66.6. The summed E-state index contributed by atoms with van der Waals surface area (Å²) in [5.74, 6) is -1.03. The number of unbranched alkanes of at least 4 members (excludes halogenated alkanes) is 17. The first-order valence-corrected chi connectivity index (χ1v) is 28.7. The number of rotatable bonds is 50. The van der Waals surface area contributed by atoms with Gasteiger partial charge in [-0.25, -0.2) is 0 Å². The molecule has 0 spiro atoms. The zero-order valence-electron chi connectivity index (χ0n) is 45.7. The lowest BCUT2D eigenvalue weighted by atomic mass is 10.1. The zero-order valence-corrected chi connectivity index (χ0v) is 45.7. The van der Waals surface area contributed by atoms with E-state index in [2.05, 4.69) is 142 Å². The number of hydrogen-bond acceptors (Lipinski definition) is 6. The summed E-state index contributed by atoms with van der Waals surface area (Å²) < 4.78 is 16.8. The average Bonchev–Trinajstić information content (AvgIpc) is 3.37. The first-order valence-electron chi connectivity index (χ1n) is 28.7. The van der Waals surface area contributed by atoms with E-state index in [1.54, 1.807) is 0 Å². The van der Waals surface area contributed by atoms with Crippen LogP contribution >= 0.6 is 0 Å². The predicted octanol–water partition coefficient (Wildman–Crippen LogP) is 19.4. The molecule has 1 unspecified atom stereocenters. The van der Waals surface area contributed by atoms with Crippen LogP contribution in [-0.4, -0.2) is 37.2 Å². The van der Waals surface area contributed by atoms with Crippen LogP contribution in [-0.2, 0) is 28.6 Å². The van der Waals surface area contributed by atoms with Gasteiger partial charge in [0.1, 0.15) is 13.2 Å². The Labute approximate surface area is 436 Å². The first-order chi connectivity index (χ1) is 35.0. The van der Waals surface area contributed by atoms with Gasteiger partial charge in [-0.05, 0) is 122 Å². The summed E-state index contributed by atoms with van der Waals surface area (Å²) >= 11 is 0. The van der Waals surface area contributed by atoms with Crippen LogP contribution in [0.25, 0.3) is 0 Å². The Morgan fingerprint density at radius 1 is 0.296 bits per heavy atom. The number of carbonyl (C=O) groups excluding carboxylic acids is 3. The summed E-state index contributed by atoms with van der Waals surface area (Å²) in [5, 5.41) is 0. The van der Waals surface area contributed by atoms with Gasteiger partial charge in [-0.2, -0.15) is 0 Å². The summed E-state index contributed by atoms with van der Waals surface area (Å²) in [5.41, 5.74) is 0. The molecule has 0 aromatic carbocycles. The van der Waals surface area contributed by atoms with Crippen molar-refractivity contribution in [1.82, 2.24) is 0 Å². The number of ether oxygens (including phenoxy) is 3. The number of hydrogen-bond donors (Lipinski definition) is 0. The predicted molar refractivity (Wildman–Crippen MR) is 306 cm³/mol. The molecule has 0 bridgehead atoms. The van der Waals surface area contributed by atoms with Crippen LogP contribution in [0.4, 0.5) is 0 Å². The van der Waals surface area contributed by atoms with Gasteiger partial charge in [0.2, 0.25) is 0 Å². The lowest BCUT2D eigenvalue weighted by Gasteiger charge is -2.18. The molecule has 0 aliphatic rings. The van der Waals surface area contributed by atoms with Gasteiger partial charge in [-0.1, -0.05) is 231 Å². The smallest absolute Gasteiger partial charge is 0.306 e. The maximum absolute atomic E-state index is 12.8. The fourth-order valence-corrected chi connectivity index (χ4v) is 7.39. The van der Waals surface area contributed by atoms with Crippen molar-refractivity contribution in [3.05, 3.63) is 134 Å². The molecule has 400 valence electrons. The Hall–Kier alpha value is -4.45. The Bertz CT molecular complexity index is 1550. The van der Waals surface area contributed by atoms with E-state index in [1.165, 1.54) is 64.2 Å². The highest BCUT2D eigenvalue weighted by atomic mass is 16.6. The number of carbonyl (C=O) groups is 3. The van der Waals surface area contributed by atoms with Gasteiger partial charge in [-0.3, -0.25) is 14.4 Å². The molecule has 0 heterocycles. The van der Waals surface area contributed by atoms with Crippen LogP contribution in [0.3, 0.4) is 0 Å². The van der Waals surface area contributed by atoms with Crippen LogP contribution in [0.5, 0.6) is 0 Å². The molecule has 0 aliphatic carbocycles. The summed E-state index contributed by atoms with van der Waals surface area (Å²) in [6.45, 7) is 6.31. The summed E-state index contributed by atoms with van der Waals surface area (Å²) in [4.78, 5) is 38.1. The standard InChI is InChI=1S/C65H104O6/c1-4-7-10-13-16-19-22-25-27-28-29-30-31-32-33-34-35-36-38-40-43-46-49-52-55-58-64(67)70-61-62(60-69-63(66)57-54-51-48-45-42-39-24-21-18-15-12-9-6-3)71-65(68)59-56-53-50-47-44-41-37-26-23-20-17-14-11-8-5-2/h7,9-10,12,16,18-19,21,25-27,29-30,32-33,35-37,39,42,48,51,62H,4-6,8,11,13-15,17,20,22-24,28,31,34,38,40-41,43-47,49-50,52-61H2,1-3H3/b10-7-,12-9-,19-16-,21-18-,27-25-,30-29-,33-32-,36-35-,37-26-,42-39-,51-48-. The van der Waals surface area contributed by atoms with Gasteiger partial charge in [0.15, 0.2) is 6.10 Å². The molecule has 0 rings (SSSR count). The van der Waals surface area contributed by atoms with Crippen molar-refractivity contribution in [2.75, 3.05) is 13.2 Å². The van der Waals surface area contributed by atoms with E-state index in [1.807, 2.05) is 12.2 Å². The molecule has 71 heavy (non-hydrogen) atoms. The SMILES string of the molecule is CC/C=C\C/C=C\C/C=C\C/C=C\C/C=C\C/C=C\CCCCCCCCC(=O)OCC(COC(=O)CC/C=C\C/C=C\C/C=C\C/C=C\CC)OC(=O)CCCCCCC/C=C\CCCCCCCC. The molecule has 0 saturated heterocycles. The van der Waals surface area contributed by atoms with Gasteiger partial charge in [0, 0.05) is 19.3 Å². The largest absolute Gasteiger partial charge is 0.462 e. The monoisotopic (exact) mass is 981 g/mol. The molecule has 0 aromatic rings. The minimum absolute atomic E-state index is 0.115. The Morgan fingerprint density at radius 3 is 0.958 bits per heavy atom. The summed E-state index contributed by atoms with van der Waals surface area (Å²) in [6, 6.07) is 0. The summed E-state index contributed by atoms with van der Waals surface area (Å²) in [6.07, 6.45) is 81.7. The van der Waals surface area contributed by atoms with Gasteiger partial charge in [0.05, 0.1) is 0 Å². The molecule has 1 atom stereocenters. The summed E-state index contributed by atoms with van der Waals surface area (Å²) in [7, 11) is 0. The molecule has 0 N–H and O–H groups in total. The van der Waals surface area contributed by atoms with Crippen molar-refractivity contribution >= 4 is 17.9 Å². The molecular weight excluding hydrogens is 877 g/mol. The molecule has 0 aromatic heterocycles. The topological polar surface area (TPSA) is 78.9 Å². The Balaban J connectivity index is 4.44. The van der Waals surface area contributed by atoms with Crippen molar-refractivity contribution in [1.29, 1.82) is 0 Å². The van der Waals surface area contributed by atoms with Crippen molar-refractivity contribution in [2.24, 2.45) is 0 Å². The minimum atomic E-state index is -0.822. The van der Waals surface area contributed by atoms with E-state index in [0.29, 0.717) is 19.3 Å². The molecular formula is C65H104O6. The normalized spacial score (nSPS) is 13.1. The molecule has 6 heteroatoms.